The van der Waals surface area contributed by atoms with Crippen LogP contribution < -0.4 is 0 Å². The van der Waals surface area contributed by atoms with Crippen LogP contribution in [0.25, 0.3) is 0 Å². The van der Waals surface area contributed by atoms with E-state index in [1.165, 1.54) is 28.6 Å². The van der Waals surface area contributed by atoms with Crippen LogP contribution in [0.15, 0.2) is 48.5 Å². The third-order valence-electron chi connectivity index (χ3n) is 4.04. The molecule has 0 saturated heterocycles. The summed E-state index contributed by atoms with van der Waals surface area (Å²) in [6, 6.07) is 13.0. The summed E-state index contributed by atoms with van der Waals surface area (Å²) >= 11 is 0. The zero-order valence-corrected chi connectivity index (χ0v) is 14.7. The topological polar surface area (TPSA) is 80.5 Å². The molecule has 2 aromatic rings. The predicted molar refractivity (Wildman–Crippen MR) is 93.1 cm³/mol. The average Bonchev–Trinajstić information content (AvgIpc) is 2.54. The molecule has 0 radical (unpaired) electrons. The molecule has 1 atom stereocenters. The Morgan fingerprint density at radius 1 is 1.08 bits per heavy atom. The van der Waals surface area contributed by atoms with Crippen LogP contribution in [0.2, 0.25) is 0 Å². The van der Waals surface area contributed by atoms with E-state index in [0.29, 0.717) is 5.56 Å². The van der Waals surface area contributed by atoms with Gasteiger partial charge in [-0.3, -0.25) is 10.1 Å². The van der Waals surface area contributed by atoms with Crippen molar-refractivity contribution in [2.45, 2.75) is 25.6 Å². The van der Waals surface area contributed by atoms with E-state index in [9.17, 15) is 18.5 Å². The molecule has 0 aromatic heterocycles. The Morgan fingerprint density at radius 2 is 1.62 bits per heavy atom. The molecule has 0 aliphatic heterocycles. The maximum Gasteiger partial charge on any atom is 0.269 e. The van der Waals surface area contributed by atoms with Crippen molar-refractivity contribution in [3.8, 4) is 0 Å². The molecule has 0 heterocycles. The Bertz CT molecular complexity index is 815. The summed E-state index contributed by atoms with van der Waals surface area (Å²) in [4.78, 5) is 10.1. The molecular weight excluding hydrogens is 328 g/mol. The second-order valence-electron chi connectivity index (χ2n) is 5.78. The van der Waals surface area contributed by atoms with E-state index in [0.717, 1.165) is 11.1 Å². The largest absolute Gasteiger partial charge is 0.269 e. The summed E-state index contributed by atoms with van der Waals surface area (Å²) < 4.78 is 26.5. The summed E-state index contributed by atoms with van der Waals surface area (Å²) in [6.07, 6.45) is 0. The Morgan fingerprint density at radius 3 is 2.12 bits per heavy atom. The van der Waals surface area contributed by atoms with Gasteiger partial charge >= 0.3 is 0 Å². The number of hydrogen-bond donors (Lipinski definition) is 0. The number of sulfonamides is 1. The van der Waals surface area contributed by atoms with Gasteiger partial charge in [0, 0.05) is 25.2 Å². The summed E-state index contributed by atoms with van der Waals surface area (Å²) in [6.45, 7) is 3.81. The van der Waals surface area contributed by atoms with Crippen molar-refractivity contribution in [3.63, 3.8) is 0 Å². The molecule has 0 spiro atoms. The number of aryl methyl sites for hydroxylation is 1. The van der Waals surface area contributed by atoms with E-state index >= 15 is 0 Å². The number of nitrogens with zero attached hydrogens (tertiary/aromatic N) is 2. The molecule has 6 nitrogen and oxygen atoms in total. The predicted octanol–water partition coefficient (Wildman–Crippen LogP) is 3.43. The molecule has 128 valence electrons. The second kappa shape index (κ2) is 7.11. The van der Waals surface area contributed by atoms with Crippen LogP contribution in [0.4, 0.5) is 5.69 Å². The SMILES string of the molecule is Cc1ccc(C(C)N(C)S(=O)(=O)Cc2ccc([N+](=O)[O-])cc2)cc1. The van der Waals surface area contributed by atoms with Crippen LogP contribution >= 0.6 is 0 Å². The summed E-state index contributed by atoms with van der Waals surface area (Å²) in [5, 5.41) is 10.7. The number of hydrogen-bond acceptors (Lipinski definition) is 4. The van der Waals surface area contributed by atoms with Crippen LogP contribution in [-0.4, -0.2) is 24.7 Å². The molecule has 24 heavy (non-hydrogen) atoms. The van der Waals surface area contributed by atoms with E-state index in [4.69, 9.17) is 0 Å². The highest BCUT2D eigenvalue weighted by atomic mass is 32.2. The van der Waals surface area contributed by atoms with E-state index in [1.54, 1.807) is 7.05 Å². The van der Waals surface area contributed by atoms with Crippen molar-refractivity contribution >= 4 is 15.7 Å². The highest BCUT2D eigenvalue weighted by Gasteiger charge is 2.24. The van der Waals surface area contributed by atoms with Crippen LogP contribution in [0.3, 0.4) is 0 Å². The second-order valence-corrected chi connectivity index (χ2v) is 7.81. The molecule has 0 fully saturated rings. The van der Waals surface area contributed by atoms with Gasteiger partial charge in [0.15, 0.2) is 0 Å². The monoisotopic (exact) mass is 348 g/mol. The van der Waals surface area contributed by atoms with Crippen molar-refractivity contribution in [2.75, 3.05) is 7.05 Å². The van der Waals surface area contributed by atoms with Gasteiger partial charge in [0.25, 0.3) is 5.69 Å². The molecule has 0 aliphatic rings. The van der Waals surface area contributed by atoms with Gasteiger partial charge in [0.1, 0.15) is 0 Å². The van der Waals surface area contributed by atoms with E-state index in [1.807, 2.05) is 38.1 Å². The fourth-order valence-electron chi connectivity index (χ4n) is 2.32. The lowest BCUT2D eigenvalue weighted by atomic mass is 10.1. The van der Waals surface area contributed by atoms with Crippen molar-refractivity contribution < 1.29 is 13.3 Å². The maximum absolute atomic E-state index is 12.6. The molecule has 0 saturated carbocycles. The Hall–Kier alpha value is -2.25. The molecular formula is C17H20N2O4S. The molecule has 2 aromatic carbocycles. The fraction of sp³-hybridized carbons (Fsp3) is 0.294. The highest BCUT2D eigenvalue weighted by molar-refractivity contribution is 7.88. The van der Waals surface area contributed by atoms with Gasteiger partial charge in [-0.15, -0.1) is 0 Å². The van der Waals surface area contributed by atoms with Gasteiger partial charge in [-0.2, -0.15) is 4.31 Å². The number of nitro benzene ring substituents is 1. The van der Waals surface area contributed by atoms with Crippen molar-refractivity contribution in [2.24, 2.45) is 0 Å². The molecule has 0 N–H and O–H groups in total. The van der Waals surface area contributed by atoms with Crippen LogP contribution in [0, 0.1) is 17.0 Å². The quantitative estimate of drug-likeness (QED) is 0.592. The molecule has 7 heteroatoms. The van der Waals surface area contributed by atoms with Crippen molar-refractivity contribution in [1.82, 2.24) is 4.31 Å². The normalized spacial score (nSPS) is 13.0. The fourth-order valence-corrected chi connectivity index (χ4v) is 3.74. The first kappa shape index (κ1) is 18.1. The highest BCUT2D eigenvalue weighted by Crippen LogP contribution is 2.24. The van der Waals surface area contributed by atoms with Crippen LogP contribution in [-0.2, 0) is 15.8 Å². The number of nitro groups is 1. The smallest absolute Gasteiger partial charge is 0.258 e. The summed E-state index contributed by atoms with van der Waals surface area (Å²) in [5.74, 6) is -0.197. The van der Waals surface area contributed by atoms with Crippen LogP contribution in [0.1, 0.15) is 29.7 Å². The van der Waals surface area contributed by atoms with E-state index in [-0.39, 0.29) is 17.5 Å². The van der Waals surface area contributed by atoms with Gasteiger partial charge in [0.05, 0.1) is 10.7 Å². The first-order valence-corrected chi connectivity index (χ1v) is 9.07. The minimum Gasteiger partial charge on any atom is -0.258 e. The number of rotatable bonds is 6. The molecule has 0 aliphatic carbocycles. The van der Waals surface area contributed by atoms with Gasteiger partial charge in [-0.1, -0.05) is 42.0 Å². The van der Waals surface area contributed by atoms with Gasteiger partial charge in [0.2, 0.25) is 10.0 Å². The van der Waals surface area contributed by atoms with Gasteiger partial charge < -0.3 is 0 Å². The Balaban J connectivity index is 2.16. The Kier molecular flexibility index (Phi) is 5.36. The lowest BCUT2D eigenvalue weighted by molar-refractivity contribution is -0.384. The number of benzene rings is 2. The molecule has 0 bridgehead atoms. The number of non-ortho nitro benzene ring substituents is 1. The van der Waals surface area contributed by atoms with Crippen molar-refractivity contribution in [3.05, 3.63) is 75.3 Å². The molecule has 1 unspecified atom stereocenters. The summed E-state index contributed by atoms with van der Waals surface area (Å²) in [5.41, 5.74) is 2.48. The summed E-state index contributed by atoms with van der Waals surface area (Å²) in [7, 11) is -1.99. The first-order valence-electron chi connectivity index (χ1n) is 7.46. The minimum absolute atomic E-state index is 0.0578. The van der Waals surface area contributed by atoms with Gasteiger partial charge in [-0.25, -0.2) is 8.42 Å². The third kappa shape index (κ3) is 4.18. The van der Waals surface area contributed by atoms with Crippen molar-refractivity contribution in [1.29, 1.82) is 0 Å². The Labute approximate surface area is 141 Å². The zero-order valence-electron chi connectivity index (χ0n) is 13.8. The zero-order chi connectivity index (χ0) is 17.9. The molecule has 0 amide bonds. The lowest BCUT2D eigenvalue weighted by Crippen LogP contribution is -2.30. The third-order valence-corrected chi connectivity index (χ3v) is 5.93. The lowest BCUT2D eigenvalue weighted by Gasteiger charge is -2.25. The van der Waals surface area contributed by atoms with Gasteiger partial charge in [-0.05, 0) is 25.0 Å². The average molecular weight is 348 g/mol. The minimum atomic E-state index is -3.54. The maximum atomic E-state index is 12.6. The first-order chi connectivity index (χ1) is 11.2. The van der Waals surface area contributed by atoms with E-state index < -0.39 is 14.9 Å². The standard InChI is InChI=1S/C17H20N2O4S/c1-13-4-8-16(9-5-13)14(2)18(3)24(22,23)12-15-6-10-17(11-7-15)19(20)21/h4-11,14H,12H2,1-3H3. The van der Waals surface area contributed by atoms with E-state index in [2.05, 4.69) is 0 Å². The molecule has 2 rings (SSSR count). The van der Waals surface area contributed by atoms with Crippen LogP contribution in [0.5, 0.6) is 0 Å².